The van der Waals surface area contributed by atoms with Crippen LogP contribution in [0, 0.1) is 0 Å². The van der Waals surface area contributed by atoms with Crippen LogP contribution in [0.3, 0.4) is 0 Å². The summed E-state index contributed by atoms with van der Waals surface area (Å²) in [6.45, 7) is 5.09. The Morgan fingerprint density at radius 1 is 1.02 bits per heavy atom. The van der Waals surface area contributed by atoms with Crippen molar-refractivity contribution in [2.75, 3.05) is 52.5 Å². The molecular weight excluding hydrogens is 600 g/mol. The Hall–Kier alpha value is -4.95. The number of amides is 5. The number of para-hydroxylation sites is 1. The molecule has 0 saturated carbocycles. The van der Waals surface area contributed by atoms with E-state index in [4.69, 9.17) is 9.47 Å². The minimum absolute atomic E-state index is 0.0947. The van der Waals surface area contributed by atoms with E-state index in [1.54, 1.807) is 31.2 Å². The molecule has 3 N–H and O–H groups in total. The Morgan fingerprint density at radius 2 is 1.74 bits per heavy atom. The number of benzene rings is 1. The highest BCUT2D eigenvalue weighted by molar-refractivity contribution is 5.99. The highest BCUT2D eigenvalue weighted by Crippen LogP contribution is 2.26. The molecule has 2 saturated heterocycles. The van der Waals surface area contributed by atoms with Gasteiger partial charge >= 0.3 is 12.1 Å². The number of carboxylic acid groups (broad SMARTS) is 1. The van der Waals surface area contributed by atoms with Crippen LogP contribution in [0.15, 0.2) is 30.3 Å². The smallest absolute Gasteiger partial charge is 0.409 e. The largest absolute Gasteiger partial charge is 0.483 e. The number of likely N-dealkylation sites (N-methyl/N-ethyl adjacent to an activating group) is 1. The second-order valence-corrected chi connectivity index (χ2v) is 10.9. The maximum atomic E-state index is 13.5. The van der Waals surface area contributed by atoms with Gasteiger partial charge in [0.15, 0.2) is 6.61 Å². The van der Waals surface area contributed by atoms with Gasteiger partial charge in [0.05, 0.1) is 12.1 Å². The van der Waals surface area contributed by atoms with Crippen LogP contribution in [-0.4, -0.2) is 125 Å². The molecular formula is C31H40N6O9. The van der Waals surface area contributed by atoms with Crippen LogP contribution < -0.4 is 15.4 Å². The molecule has 2 fully saturated rings. The summed E-state index contributed by atoms with van der Waals surface area (Å²) in [5.41, 5.74) is 0.310. The average Bonchev–Trinajstić information content (AvgIpc) is 3.55. The monoisotopic (exact) mass is 640 g/mol. The Kier molecular flexibility index (Phi) is 11.7. The van der Waals surface area contributed by atoms with Crippen LogP contribution in [-0.2, 0) is 23.9 Å². The molecule has 15 heteroatoms. The third-order valence-corrected chi connectivity index (χ3v) is 7.86. The molecule has 0 spiro atoms. The number of pyridine rings is 1. The van der Waals surface area contributed by atoms with Gasteiger partial charge in [-0.3, -0.25) is 24.0 Å². The zero-order valence-electron chi connectivity index (χ0n) is 26.0. The Bertz CT molecular complexity index is 1460. The van der Waals surface area contributed by atoms with Crippen molar-refractivity contribution in [2.45, 2.75) is 51.6 Å². The number of fused-ring (bicyclic) bond motifs is 1. The minimum atomic E-state index is -1.17. The first-order valence-electron chi connectivity index (χ1n) is 15.5. The second-order valence-electron chi connectivity index (χ2n) is 10.9. The van der Waals surface area contributed by atoms with Gasteiger partial charge < -0.3 is 39.9 Å². The average molecular weight is 641 g/mol. The van der Waals surface area contributed by atoms with Gasteiger partial charge in [-0.1, -0.05) is 12.1 Å². The van der Waals surface area contributed by atoms with Crippen molar-refractivity contribution in [3.05, 3.63) is 36.0 Å². The van der Waals surface area contributed by atoms with Crippen molar-refractivity contribution in [3.8, 4) is 5.75 Å². The molecule has 46 heavy (non-hydrogen) atoms. The van der Waals surface area contributed by atoms with Crippen LogP contribution in [0.5, 0.6) is 5.75 Å². The Morgan fingerprint density at radius 3 is 2.43 bits per heavy atom. The van der Waals surface area contributed by atoms with Crippen LogP contribution in [0.2, 0.25) is 0 Å². The molecule has 1 aromatic heterocycles. The number of hydrogen-bond donors (Lipinski definition) is 3. The first kappa shape index (κ1) is 33.9. The number of ether oxygens (including phenoxy) is 2. The fourth-order valence-corrected chi connectivity index (χ4v) is 5.53. The number of aromatic nitrogens is 1. The highest BCUT2D eigenvalue weighted by atomic mass is 16.6. The van der Waals surface area contributed by atoms with E-state index in [1.165, 1.54) is 20.8 Å². The zero-order valence-corrected chi connectivity index (χ0v) is 26.0. The molecule has 15 nitrogen and oxygen atoms in total. The number of piperazine rings is 1. The predicted octanol–water partition coefficient (Wildman–Crippen LogP) is 1.00. The van der Waals surface area contributed by atoms with Gasteiger partial charge in [0, 0.05) is 57.1 Å². The number of aliphatic carboxylic acids is 1. The van der Waals surface area contributed by atoms with E-state index < -0.39 is 36.0 Å². The van der Waals surface area contributed by atoms with Gasteiger partial charge in [-0.2, -0.15) is 0 Å². The molecule has 0 aliphatic carbocycles. The minimum Gasteiger partial charge on any atom is -0.483 e. The summed E-state index contributed by atoms with van der Waals surface area (Å²) in [5, 5.41) is 15.2. The molecule has 1 aromatic carbocycles. The van der Waals surface area contributed by atoms with Gasteiger partial charge in [0.25, 0.3) is 11.8 Å². The van der Waals surface area contributed by atoms with E-state index in [2.05, 4.69) is 15.6 Å². The van der Waals surface area contributed by atoms with E-state index >= 15 is 0 Å². The molecule has 2 unspecified atom stereocenters. The van der Waals surface area contributed by atoms with Gasteiger partial charge in [-0.25, -0.2) is 9.78 Å². The van der Waals surface area contributed by atoms with E-state index in [9.17, 15) is 33.9 Å². The van der Waals surface area contributed by atoms with E-state index in [0.717, 1.165) is 0 Å². The van der Waals surface area contributed by atoms with Crippen LogP contribution in [0.25, 0.3) is 10.9 Å². The number of hydrogen-bond acceptors (Lipinski definition) is 9. The highest BCUT2D eigenvalue weighted by Gasteiger charge is 2.34. The SMILES string of the molecule is CCNC(=O)C1CCCN1C(=O)COc1cc(C(=O)NC(CCC(=O)O)C(=O)N2CCN(C(=O)OCC)CC2)nc2ccccc12. The topological polar surface area (TPSA) is 188 Å². The molecule has 2 aliphatic rings. The quantitative estimate of drug-likeness (QED) is 0.302. The Balaban J connectivity index is 1.48. The summed E-state index contributed by atoms with van der Waals surface area (Å²) < 4.78 is 10.9. The van der Waals surface area contributed by atoms with E-state index in [-0.39, 0.29) is 75.5 Å². The maximum Gasteiger partial charge on any atom is 0.409 e. The molecule has 5 amide bonds. The normalized spacial score (nSPS) is 16.9. The standard InChI is InChI=1S/C31H40N6O9/c1-3-32-29(42)24-10-7-13-37(24)26(38)19-46-25-18-23(33-21-9-6-5-8-20(21)25)28(41)34-22(11-12-27(39)40)30(43)35-14-16-36(17-15-35)31(44)45-4-2/h5-6,8-9,18,22,24H,3-4,7,10-17,19H2,1-2H3,(H,32,42)(H,34,41)(H,39,40). The summed E-state index contributed by atoms with van der Waals surface area (Å²) >= 11 is 0. The van der Waals surface area contributed by atoms with E-state index in [0.29, 0.717) is 36.8 Å². The number of carbonyl (C=O) groups is 6. The van der Waals surface area contributed by atoms with Gasteiger partial charge in [0.1, 0.15) is 23.5 Å². The van der Waals surface area contributed by atoms with Crippen molar-refractivity contribution in [2.24, 2.45) is 0 Å². The van der Waals surface area contributed by atoms with Crippen LogP contribution in [0.1, 0.15) is 50.0 Å². The number of nitrogens with one attached hydrogen (secondary N) is 2. The molecule has 248 valence electrons. The summed E-state index contributed by atoms with van der Waals surface area (Å²) in [5.74, 6) is -2.71. The number of nitrogens with zero attached hydrogens (tertiary/aromatic N) is 4. The summed E-state index contributed by atoms with van der Waals surface area (Å²) in [7, 11) is 0. The van der Waals surface area contributed by atoms with Crippen LogP contribution in [0.4, 0.5) is 4.79 Å². The molecule has 3 heterocycles. The zero-order chi connectivity index (χ0) is 33.2. The maximum absolute atomic E-state index is 13.5. The summed E-state index contributed by atoms with van der Waals surface area (Å²) in [4.78, 5) is 84.7. The first-order chi connectivity index (χ1) is 22.1. The molecule has 2 atom stereocenters. The third-order valence-electron chi connectivity index (χ3n) is 7.86. The van der Waals surface area contributed by atoms with Crippen molar-refractivity contribution >= 4 is 46.6 Å². The summed E-state index contributed by atoms with van der Waals surface area (Å²) in [6, 6.07) is 6.51. The lowest BCUT2D eigenvalue weighted by Crippen LogP contribution is -2.56. The molecule has 4 rings (SSSR count). The fourth-order valence-electron chi connectivity index (χ4n) is 5.53. The number of rotatable bonds is 12. The third kappa shape index (κ3) is 8.40. The number of carboxylic acids is 1. The van der Waals surface area contributed by atoms with Crippen molar-refractivity contribution < 1.29 is 43.3 Å². The lowest BCUT2D eigenvalue weighted by atomic mass is 10.1. The van der Waals surface area contributed by atoms with Crippen molar-refractivity contribution in [1.82, 2.24) is 30.3 Å². The summed E-state index contributed by atoms with van der Waals surface area (Å²) in [6.07, 6.45) is 0.248. The Labute approximate surface area is 266 Å². The fraction of sp³-hybridized carbons (Fsp3) is 0.516. The predicted molar refractivity (Wildman–Crippen MR) is 164 cm³/mol. The number of likely N-dealkylation sites (tertiary alicyclic amines) is 1. The molecule has 0 bridgehead atoms. The van der Waals surface area contributed by atoms with Crippen molar-refractivity contribution in [3.63, 3.8) is 0 Å². The second kappa shape index (κ2) is 15.9. The molecule has 2 aliphatic heterocycles. The van der Waals surface area contributed by atoms with Crippen LogP contribution >= 0.6 is 0 Å². The van der Waals surface area contributed by atoms with Gasteiger partial charge in [0.2, 0.25) is 11.8 Å². The van der Waals surface area contributed by atoms with Gasteiger partial charge in [-0.05, 0) is 45.2 Å². The molecule has 0 radical (unpaired) electrons. The molecule has 2 aromatic rings. The van der Waals surface area contributed by atoms with Gasteiger partial charge in [-0.15, -0.1) is 0 Å². The number of carbonyl (C=O) groups excluding carboxylic acids is 5. The first-order valence-corrected chi connectivity index (χ1v) is 15.5. The lowest BCUT2D eigenvalue weighted by Gasteiger charge is -2.35. The lowest BCUT2D eigenvalue weighted by molar-refractivity contribution is -0.139. The van der Waals surface area contributed by atoms with Crippen molar-refractivity contribution in [1.29, 1.82) is 0 Å². The van der Waals surface area contributed by atoms with E-state index in [1.807, 2.05) is 6.92 Å².